The van der Waals surface area contributed by atoms with Crippen molar-refractivity contribution in [3.63, 3.8) is 0 Å². The van der Waals surface area contributed by atoms with Gasteiger partial charge < -0.3 is 5.32 Å². The minimum Gasteiger partial charge on any atom is -0.372 e. The van der Waals surface area contributed by atoms with Crippen molar-refractivity contribution in [2.75, 3.05) is 10.2 Å². The fraction of sp³-hybridized carbons (Fsp3) is 0.125. The molecule has 1 fully saturated rings. The summed E-state index contributed by atoms with van der Waals surface area (Å²) in [5, 5.41) is 3.13. The highest BCUT2D eigenvalue weighted by molar-refractivity contribution is 9.10. The first-order valence-electron chi connectivity index (χ1n) is 6.60. The molecule has 2 aromatic rings. The van der Waals surface area contributed by atoms with E-state index >= 15 is 0 Å². The Morgan fingerprint density at radius 2 is 1.67 bits per heavy atom. The number of nitrogens with one attached hydrogen (secondary N) is 1. The summed E-state index contributed by atoms with van der Waals surface area (Å²) >= 11 is 3.43. The molecule has 2 aromatic carbocycles. The zero-order valence-electron chi connectivity index (χ0n) is 11.1. The van der Waals surface area contributed by atoms with Crippen LogP contribution in [0.5, 0.6) is 0 Å². The van der Waals surface area contributed by atoms with Crippen LogP contribution in [0.2, 0.25) is 0 Å². The number of imide groups is 1. The molecule has 1 N–H and O–H groups in total. The molecule has 5 heteroatoms. The van der Waals surface area contributed by atoms with Crippen LogP contribution >= 0.6 is 15.9 Å². The predicted molar refractivity (Wildman–Crippen MR) is 85.1 cm³/mol. The lowest BCUT2D eigenvalue weighted by atomic mass is 10.2. The Hall–Kier alpha value is -2.14. The molecule has 1 aliphatic rings. The number of amides is 2. The molecule has 4 nitrogen and oxygen atoms in total. The molecule has 1 aliphatic heterocycles. The molecule has 0 saturated carbocycles. The second-order valence-electron chi connectivity index (χ2n) is 4.78. The highest BCUT2D eigenvalue weighted by Crippen LogP contribution is 2.27. The predicted octanol–water partition coefficient (Wildman–Crippen LogP) is 3.19. The molecule has 21 heavy (non-hydrogen) atoms. The molecule has 106 valence electrons. The molecular weight excluding hydrogens is 332 g/mol. The molecule has 1 saturated heterocycles. The normalized spacial score (nSPS) is 18.1. The van der Waals surface area contributed by atoms with Crippen molar-refractivity contribution in [1.82, 2.24) is 0 Å². The van der Waals surface area contributed by atoms with E-state index in [-0.39, 0.29) is 18.2 Å². The van der Waals surface area contributed by atoms with Gasteiger partial charge >= 0.3 is 0 Å². The molecule has 0 radical (unpaired) electrons. The van der Waals surface area contributed by atoms with Gasteiger partial charge in [-0.05, 0) is 40.2 Å². The van der Waals surface area contributed by atoms with Gasteiger partial charge in [-0.15, -0.1) is 0 Å². The lowest BCUT2D eigenvalue weighted by molar-refractivity contribution is -0.121. The van der Waals surface area contributed by atoms with Gasteiger partial charge in [0.1, 0.15) is 6.04 Å². The Morgan fingerprint density at radius 3 is 2.38 bits per heavy atom. The molecular formula is C16H13BrN2O2. The van der Waals surface area contributed by atoms with Crippen molar-refractivity contribution in [3.05, 3.63) is 59.1 Å². The van der Waals surface area contributed by atoms with Gasteiger partial charge in [-0.3, -0.25) is 9.59 Å². The van der Waals surface area contributed by atoms with E-state index in [1.54, 1.807) is 12.1 Å². The Balaban J connectivity index is 1.83. The number of hydrogen-bond donors (Lipinski definition) is 1. The zero-order valence-corrected chi connectivity index (χ0v) is 12.7. The van der Waals surface area contributed by atoms with Crippen LogP contribution in [0.25, 0.3) is 0 Å². The first-order valence-corrected chi connectivity index (χ1v) is 7.39. The number of nitrogens with zero attached hydrogens (tertiary/aromatic N) is 1. The van der Waals surface area contributed by atoms with Crippen LogP contribution in [-0.4, -0.2) is 17.9 Å². The number of halogens is 1. The number of benzene rings is 2. The number of carbonyl (C=O) groups is 2. The van der Waals surface area contributed by atoms with E-state index in [0.717, 1.165) is 10.2 Å². The lowest BCUT2D eigenvalue weighted by Crippen LogP contribution is -2.34. The highest BCUT2D eigenvalue weighted by Gasteiger charge is 2.39. The standard InChI is InChI=1S/C16H13BrN2O2/c17-12-8-4-5-9-13(12)18-14-10-15(20)19(16(14)21)11-6-2-1-3-7-11/h1-9,14,18H,10H2/t14-/m0/s1. The molecule has 3 rings (SSSR count). The summed E-state index contributed by atoms with van der Waals surface area (Å²) in [4.78, 5) is 25.8. The monoisotopic (exact) mass is 344 g/mol. The van der Waals surface area contributed by atoms with Gasteiger partial charge in [0.25, 0.3) is 5.91 Å². The van der Waals surface area contributed by atoms with Crippen LogP contribution in [-0.2, 0) is 9.59 Å². The average Bonchev–Trinajstić information content (AvgIpc) is 2.77. The smallest absolute Gasteiger partial charge is 0.256 e. The third-order valence-electron chi connectivity index (χ3n) is 3.36. The highest BCUT2D eigenvalue weighted by atomic mass is 79.9. The van der Waals surface area contributed by atoms with E-state index in [4.69, 9.17) is 0 Å². The first kappa shape index (κ1) is 13.8. The van der Waals surface area contributed by atoms with Crippen molar-refractivity contribution >= 4 is 39.1 Å². The molecule has 0 unspecified atom stereocenters. The van der Waals surface area contributed by atoms with Crippen molar-refractivity contribution in [3.8, 4) is 0 Å². The van der Waals surface area contributed by atoms with Crippen molar-refractivity contribution in [1.29, 1.82) is 0 Å². The van der Waals surface area contributed by atoms with Gasteiger partial charge in [0.05, 0.1) is 12.1 Å². The fourth-order valence-electron chi connectivity index (χ4n) is 2.36. The first-order chi connectivity index (χ1) is 10.2. The number of hydrogen-bond acceptors (Lipinski definition) is 3. The van der Waals surface area contributed by atoms with Gasteiger partial charge in [-0.25, -0.2) is 4.90 Å². The molecule has 0 aliphatic carbocycles. The van der Waals surface area contributed by atoms with Gasteiger partial charge in [-0.1, -0.05) is 30.3 Å². The van der Waals surface area contributed by atoms with Crippen molar-refractivity contribution < 1.29 is 9.59 Å². The minimum atomic E-state index is -0.531. The van der Waals surface area contributed by atoms with E-state index in [2.05, 4.69) is 21.2 Å². The van der Waals surface area contributed by atoms with Gasteiger partial charge in [0.15, 0.2) is 0 Å². The Kier molecular flexibility index (Phi) is 3.75. The summed E-state index contributed by atoms with van der Waals surface area (Å²) < 4.78 is 0.864. The maximum Gasteiger partial charge on any atom is 0.256 e. The van der Waals surface area contributed by atoms with Crippen molar-refractivity contribution in [2.24, 2.45) is 0 Å². The Bertz CT molecular complexity index is 688. The topological polar surface area (TPSA) is 49.4 Å². The summed E-state index contributed by atoms with van der Waals surface area (Å²) in [6.45, 7) is 0. The maximum atomic E-state index is 12.5. The maximum absolute atomic E-state index is 12.5. The largest absolute Gasteiger partial charge is 0.372 e. The Morgan fingerprint density at radius 1 is 1.00 bits per heavy atom. The van der Waals surface area contributed by atoms with Crippen LogP contribution in [0.15, 0.2) is 59.1 Å². The number of carbonyl (C=O) groups excluding carboxylic acids is 2. The van der Waals surface area contributed by atoms with E-state index in [0.29, 0.717) is 5.69 Å². The average molecular weight is 345 g/mol. The SMILES string of the molecule is O=C1C[C@H](Nc2ccccc2Br)C(=O)N1c1ccccc1. The summed E-state index contributed by atoms with van der Waals surface area (Å²) in [7, 11) is 0. The van der Waals surface area contributed by atoms with E-state index in [1.165, 1.54) is 4.90 Å². The number of rotatable bonds is 3. The fourth-order valence-corrected chi connectivity index (χ4v) is 2.76. The van der Waals surface area contributed by atoms with Crippen LogP contribution in [0.1, 0.15) is 6.42 Å². The summed E-state index contributed by atoms with van der Waals surface area (Å²) in [5.41, 5.74) is 1.42. The number of anilines is 2. The Labute approximate surface area is 130 Å². The molecule has 1 atom stereocenters. The third-order valence-corrected chi connectivity index (χ3v) is 4.06. The van der Waals surface area contributed by atoms with Crippen LogP contribution in [0, 0.1) is 0 Å². The summed E-state index contributed by atoms with van der Waals surface area (Å²) in [6, 6.07) is 16.0. The third kappa shape index (κ3) is 2.69. The van der Waals surface area contributed by atoms with E-state index in [9.17, 15) is 9.59 Å². The van der Waals surface area contributed by atoms with E-state index < -0.39 is 6.04 Å². The summed E-state index contributed by atoms with van der Waals surface area (Å²) in [6.07, 6.45) is 0.162. The van der Waals surface area contributed by atoms with Gasteiger partial charge in [0.2, 0.25) is 5.91 Å². The van der Waals surface area contributed by atoms with Gasteiger partial charge in [0, 0.05) is 10.2 Å². The second-order valence-corrected chi connectivity index (χ2v) is 5.64. The second kappa shape index (κ2) is 5.69. The van der Waals surface area contributed by atoms with Gasteiger partial charge in [-0.2, -0.15) is 0 Å². The molecule has 2 amide bonds. The molecule has 0 aromatic heterocycles. The zero-order chi connectivity index (χ0) is 14.8. The molecule has 0 bridgehead atoms. The lowest BCUT2D eigenvalue weighted by Gasteiger charge is -2.16. The van der Waals surface area contributed by atoms with Crippen LogP contribution < -0.4 is 10.2 Å². The minimum absolute atomic E-state index is 0.162. The van der Waals surface area contributed by atoms with Crippen LogP contribution in [0.4, 0.5) is 11.4 Å². The van der Waals surface area contributed by atoms with Crippen LogP contribution in [0.3, 0.4) is 0 Å². The van der Waals surface area contributed by atoms with Crippen molar-refractivity contribution in [2.45, 2.75) is 12.5 Å². The summed E-state index contributed by atoms with van der Waals surface area (Å²) in [5.74, 6) is -0.405. The molecule has 1 heterocycles. The van der Waals surface area contributed by atoms with E-state index in [1.807, 2.05) is 42.5 Å². The molecule has 0 spiro atoms. The quantitative estimate of drug-likeness (QED) is 0.870. The number of para-hydroxylation sites is 2.